The Balaban J connectivity index is 2.91. The summed E-state index contributed by atoms with van der Waals surface area (Å²) in [5.41, 5.74) is 0.0598. The van der Waals surface area contributed by atoms with Gasteiger partial charge in [-0.25, -0.2) is 4.39 Å². The summed E-state index contributed by atoms with van der Waals surface area (Å²) in [6.45, 7) is 2.62. The highest BCUT2D eigenvalue weighted by molar-refractivity contribution is 5.70. The Hall–Kier alpha value is -2.18. The highest BCUT2D eigenvalue weighted by atomic mass is 19.1. The van der Waals surface area contributed by atoms with Crippen LogP contribution in [0.1, 0.15) is 13.3 Å². The molecular weight excluding hydrogens is 255 g/mol. The predicted octanol–water partition coefficient (Wildman–Crippen LogP) is 2.12. The van der Waals surface area contributed by atoms with Gasteiger partial charge in [-0.1, -0.05) is 0 Å². The van der Waals surface area contributed by atoms with Gasteiger partial charge in [0.2, 0.25) is 0 Å². The molecule has 6 nitrogen and oxygen atoms in total. The molecule has 0 aromatic heterocycles. The quantitative estimate of drug-likeness (QED) is 0.450. The summed E-state index contributed by atoms with van der Waals surface area (Å²) in [6.07, 6.45) is 0.134. The van der Waals surface area contributed by atoms with Crippen LogP contribution in [0.5, 0.6) is 0 Å². The number of halogens is 1. The van der Waals surface area contributed by atoms with E-state index in [2.05, 4.69) is 4.74 Å². The van der Waals surface area contributed by atoms with Crippen LogP contribution >= 0.6 is 0 Å². The first-order valence-electron chi connectivity index (χ1n) is 5.74. The number of hydrogen-bond donors (Lipinski definition) is 0. The van der Waals surface area contributed by atoms with Gasteiger partial charge in [-0.3, -0.25) is 14.9 Å². The molecule has 0 atom stereocenters. The monoisotopic (exact) mass is 270 g/mol. The van der Waals surface area contributed by atoms with Crippen molar-refractivity contribution >= 4 is 17.3 Å². The second kappa shape index (κ2) is 6.67. The maximum atomic E-state index is 13.3. The largest absolute Gasteiger partial charge is 0.469 e. The fourth-order valence-electron chi connectivity index (χ4n) is 1.65. The van der Waals surface area contributed by atoms with Crippen molar-refractivity contribution in [1.29, 1.82) is 0 Å². The average molecular weight is 270 g/mol. The number of nitro groups is 1. The SMILES string of the molecule is CCN(CCC(=O)OC)c1cc(F)cc([N+](=O)[O-])c1. The van der Waals surface area contributed by atoms with Crippen LogP contribution < -0.4 is 4.90 Å². The van der Waals surface area contributed by atoms with Crippen molar-refractivity contribution in [3.63, 3.8) is 0 Å². The Bertz CT molecular complexity index is 479. The molecule has 0 fully saturated rings. The Morgan fingerprint density at radius 3 is 2.68 bits per heavy atom. The van der Waals surface area contributed by atoms with Gasteiger partial charge < -0.3 is 9.64 Å². The van der Waals surface area contributed by atoms with Crippen LogP contribution in [-0.4, -0.2) is 31.1 Å². The fourth-order valence-corrected chi connectivity index (χ4v) is 1.65. The van der Waals surface area contributed by atoms with E-state index in [1.54, 1.807) is 4.90 Å². The van der Waals surface area contributed by atoms with Crippen molar-refractivity contribution in [2.45, 2.75) is 13.3 Å². The van der Waals surface area contributed by atoms with E-state index in [4.69, 9.17) is 0 Å². The molecule has 0 heterocycles. The number of hydrogen-bond acceptors (Lipinski definition) is 5. The number of nitro benzene ring substituents is 1. The molecule has 104 valence electrons. The predicted molar refractivity (Wildman–Crippen MR) is 67.6 cm³/mol. The van der Waals surface area contributed by atoms with Gasteiger partial charge in [0, 0.05) is 24.8 Å². The number of methoxy groups -OCH3 is 1. The van der Waals surface area contributed by atoms with Crippen LogP contribution in [-0.2, 0) is 9.53 Å². The lowest BCUT2D eigenvalue weighted by Gasteiger charge is -2.22. The number of benzene rings is 1. The van der Waals surface area contributed by atoms with Gasteiger partial charge in [-0.15, -0.1) is 0 Å². The van der Waals surface area contributed by atoms with E-state index >= 15 is 0 Å². The van der Waals surface area contributed by atoms with E-state index in [1.807, 2.05) is 6.92 Å². The molecule has 0 amide bonds. The van der Waals surface area contributed by atoms with Gasteiger partial charge in [-0.05, 0) is 13.0 Å². The molecular formula is C12H15FN2O4. The maximum Gasteiger partial charge on any atom is 0.307 e. The molecule has 1 aromatic carbocycles. The molecule has 0 radical (unpaired) electrons. The van der Waals surface area contributed by atoms with E-state index in [0.29, 0.717) is 18.8 Å². The summed E-state index contributed by atoms with van der Waals surface area (Å²) < 4.78 is 17.8. The summed E-state index contributed by atoms with van der Waals surface area (Å²) in [4.78, 5) is 22.8. The Labute approximate surface area is 109 Å². The van der Waals surface area contributed by atoms with Gasteiger partial charge in [0.25, 0.3) is 5.69 Å². The molecule has 0 saturated carbocycles. The highest BCUT2D eigenvalue weighted by Gasteiger charge is 2.14. The van der Waals surface area contributed by atoms with Gasteiger partial charge in [0.15, 0.2) is 0 Å². The van der Waals surface area contributed by atoms with Crippen LogP contribution in [0.15, 0.2) is 18.2 Å². The lowest BCUT2D eigenvalue weighted by atomic mass is 10.2. The van der Waals surface area contributed by atoms with Crippen molar-refractivity contribution in [3.05, 3.63) is 34.1 Å². The third-order valence-corrected chi connectivity index (χ3v) is 2.64. The van der Waals surface area contributed by atoms with Crippen molar-refractivity contribution in [1.82, 2.24) is 0 Å². The average Bonchev–Trinajstić information content (AvgIpc) is 2.38. The minimum atomic E-state index is -0.680. The van der Waals surface area contributed by atoms with E-state index in [9.17, 15) is 19.3 Å². The topological polar surface area (TPSA) is 72.7 Å². The first-order valence-corrected chi connectivity index (χ1v) is 5.74. The molecule has 0 spiro atoms. The van der Waals surface area contributed by atoms with Gasteiger partial charge >= 0.3 is 5.97 Å². The lowest BCUT2D eigenvalue weighted by molar-refractivity contribution is -0.385. The third kappa shape index (κ3) is 4.20. The van der Waals surface area contributed by atoms with Gasteiger partial charge in [0.1, 0.15) is 5.82 Å². The molecule has 1 rings (SSSR count). The first-order chi connectivity index (χ1) is 8.97. The second-order valence-corrected chi connectivity index (χ2v) is 3.83. The molecule has 19 heavy (non-hydrogen) atoms. The van der Waals surface area contributed by atoms with Crippen molar-refractivity contribution in [3.8, 4) is 0 Å². The van der Waals surface area contributed by atoms with Crippen LogP contribution in [0.4, 0.5) is 15.8 Å². The Morgan fingerprint density at radius 1 is 1.47 bits per heavy atom. The molecule has 0 aliphatic carbocycles. The van der Waals surface area contributed by atoms with Crippen molar-refractivity contribution in [2.24, 2.45) is 0 Å². The van der Waals surface area contributed by atoms with Crippen LogP contribution in [0.25, 0.3) is 0 Å². The maximum absolute atomic E-state index is 13.3. The fraction of sp³-hybridized carbons (Fsp3) is 0.417. The van der Waals surface area contributed by atoms with Crippen LogP contribution in [0, 0.1) is 15.9 Å². The Kier molecular flexibility index (Phi) is 5.23. The van der Waals surface area contributed by atoms with Gasteiger partial charge in [0.05, 0.1) is 24.5 Å². The van der Waals surface area contributed by atoms with Crippen molar-refractivity contribution < 1.29 is 18.8 Å². The number of carbonyl (C=O) groups excluding carboxylic acids is 1. The number of non-ortho nitro benzene ring substituents is 1. The molecule has 0 aliphatic heterocycles. The summed E-state index contributed by atoms with van der Waals surface area (Å²) in [5, 5.41) is 10.7. The lowest BCUT2D eigenvalue weighted by Crippen LogP contribution is -2.26. The van der Waals surface area contributed by atoms with Crippen molar-refractivity contribution in [2.75, 3.05) is 25.1 Å². The van der Waals surface area contributed by atoms with Crippen LogP contribution in [0.3, 0.4) is 0 Å². The molecule has 7 heteroatoms. The van der Waals surface area contributed by atoms with E-state index < -0.39 is 10.7 Å². The molecule has 0 unspecified atom stereocenters. The summed E-state index contributed by atoms with van der Waals surface area (Å²) in [6, 6.07) is 3.34. The number of anilines is 1. The summed E-state index contributed by atoms with van der Waals surface area (Å²) in [7, 11) is 1.28. The normalized spacial score (nSPS) is 10.1. The summed E-state index contributed by atoms with van der Waals surface area (Å²) in [5.74, 6) is -1.06. The number of esters is 1. The molecule has 0 saturated heterocycles. The number of carbonyl (C=O) groups is 1. The van der Waals surface area contributed by atoms with E-state index in [-0.39, 0.29) is 18.1 Å². The van der Waals surface area contributed by atoms with Gasteiger partial charge in [-0.2, -0.15) is 0 Å². The standard InChI is InChI=1S/C12H15FN2O4/c1-3-14(5-4-12(16)19-2)10-6-9(13)7-11(8-10)15(17)18/h6-8H,3-5H2,1-2H3. The minimum absolute atomic E-state index is 0.134. The third-order valence-electron chi connectivity index (χ3n) is 2.64. The van der Waals surface area contributed by atoms with Crippen LogP contribution in [0.2, 0.25) is 0 Å². The second-order valence-electron chi connectivity index (χ2n) is 3.83. The molecule has 0 aliphatic rings. The highest BCUT2D eigenvalue weighted by Crippen LogP contribution is 2.23. The number of rotatable bonds is 6. The smallest absolute Gasteiger partial charge is 0.307 e. The zero-order chi connectivity index (χ0) is 14.4. The number of ether oxygens (including phenoxy) is 1. The zero-order valence-electron chi connectivity index (χ0n) is 10.8. The number of nitrogens with zero attached hydrogens (tertiary/aromatic N) is 2. The molecule has 1 aromatic rings. The summed E-state index contributed by atoms with van der Waals surface area (Å²) >= 11 is 0. The Morgan fingerprint density at radius 2 is 2.16 bits per heavy atom. The van der Waals surface area contributed by atoms with E-state index in [0.717, 1.165) is 6.07 Å². The molecule has 0 bridgehead atoms. The molecule has 0 N–H and O–H groups in total. The first kappa shape index (κ1) is 14.9. The minimum Gasteiger partial charge on any atom is -0.469 e. The zero-order valence-corrected chi connectivity index (χ0v) is 10.8. The van der Waals surface area contributed by atoms with E-state index in [1.165, 1.54) is 19.2 Å².